The normalized spacial score (nSPS) is 8.30. The van der Waals surface area contributed by atoms with Crippen molar-refractivity contribution in [3.63, 3.8) is 0 Å². The molecule has 0 aromatic carbocycles. The average molecular weight is 174 g/mol. The van der Waals surface area contributed by atoms with Crippen LogP contribution in [0.1, 0.15) is 13.8 Å². The van der Waals surface area contributed by atoms with Gasteiger partial charge in [-0.25, -0.2) is 0 Å². The molecule has 2 nitrogen and oxygen atoms in total. The van der Waals surface area contributed by atoms with Gasteiger partial charge in [0.15, 0.2) is 0 Å². The molecule has 0 aliphatic rings. The van der Waals surface area contributed by atoms with Crippen molar-refractivity contribution in [3.05, 3.63) is 12.7 Å². The van der Waals surface area contributed by atoms with E-state index in [1.807, 2.05) is 0 Å². The quantitative estimate of drug-likeness (QED) is 0.362. The first-order chi connectivity index (χ1) is 4.09. The predicted molar refractivity (Wildman–Crippen MR) is 35.0 cm³/mol. The topological polar surface area (TPSA) is 34.1 Å². The van der Waals surface area contributed by atoms with Crippen LogP contribution in [0.15, 0.2) is 12.7 Å². The molecular formula is C7H10O2Ti. The number of rotatable bonds is 3. The monoisotopic (exact) mass is 174 g/mol. The summed E-state index contributed by atoms with van der Waals surface area (Å²) in [5.41, 5.74) is 0. The van der Waals surface area contributed by atoms with Gasteiger partial charge in [0.05, 0.1) is 5.92 Å². The molecule has 0 aliphatic heterocycles. The largest absolute Gasteiger partial charge is 0.299 e. The Labute approximate surface area is 75.6 Å². The van der Waals surface area contributed by atoms with Crippen molar-refractivity contribution < 1.29 is 31.3 Å². The number of hydrogen-bond donors (Lipinski definition) is 0. The molecule has 0 rings (SSSR count). The van der Waals surface area contributed by atoms with Gasteiger partial charge in [-0.05, 0) is 13.8 Å². The standard InChI is InChI=1S/C7H10O2.Ti/c1-4-7(5(2)8)6(3)9;/h4,7H,1H2,2-3H3;. The van der Waals surface area contributed by atoms with Gasteiger partial charge in [-0.1, -0.05) is 6.08 Å². The summed E-state index contributed by atoms with van der Waals surface area (Å²) < 4.78 is 0. The SMILES string of the molecule is C=CC(C(C)=O)C(C)=O.[Ti]. The molecule has 0 saturated carbocycles. The van der Waals surface area contributed by atoms with E-state index in [0.29, 0.717) is 0 Å². The summed E-state index contributed by atoms with van der Waals surface area (Å²) in [5, 5.41) is 0. The first-order valence-corrected chi connectivity index (χ1v) is 2.73. The second-order valence-electron chi connectivity index (χ2n) is 1.93. The molecule has 0 atom stereocenters. The maximum absolute atomic E-state index is 10.5. The number of allylic oxidation sites excluding steroid dienone is 1. The number of carbonyl (C=O) groups excluding carboxylic acids is 2. The molecule has 0 aromatic rings. The minimum atomic E-state index is -0.593. The molecule has 0 spiro atoms. The van der Waals surface area contributed by atoms with Crippen molar-refractivity contribution in [1.82, 2.24) is 0 Å². The Morgan fingerprint density at radius 3 is 1.60 bits per heavy atom. The Bertz CT molecular complexity index is 138. The molecule has 0 bridgehead atoms. The van der Waals surface area contributed by atoms with Crippen LogP contribution >= 0.6 is 0 Å². The molecular weight excluding hydrogens is 164 g/mol. The summed E-state index contributed by atoms with van der Waals surface area (Å²) in [6.07, 6.45) is 1.37. The van der Waals surface area contributed by atoms with Gasteiger partial charge in [-0.2, -0.15) is 0 Å². The van der Waals surface area contributed by atoms with Crippen LogP contribution in [0.2, 0.25) is 0 Å². The third-order valence-electron chi connectivity index (χ3n) is 1.11. The Morgan fingerprint density at radius 1 is 1.30 bits per heavy atom. The Morgan fingerprint density at radius 2 is 1.60 bits per heavy atom. The Kier molecular flexibility index (Phi) is 6.94. The van der Waals surface area contributed by atoms with Crippen LogP contribution in [0.4, 0.5) is 0 Å². The van der Waals surface area contributed by atoms with Crippen LogP contribution in [0.5, 0.6) is 0 Å². The summed E-state index contributed by atoms with van der Waals surface area (Å²) in [5.74, 6) is -0.875. The van der Waals surface area contributed by atoms with Crippen LogP contribution in [0, 0.1) is 5.92 Å². The van der Waals surface area contributed by atoms with E-state index >= 15 is 0 Å². The van der Waals surface area contributed by atoms with Crippen molar-refractivity contribution >= 4 is 11.6 Å². The van der Waals surface area contributed by atoms with Gasteiger partial charge in [0, 0.05) is 21.7 Å². The van der Waals surface area contributed by atoms with Crippen LogP contribution in [0.25, 0.3) is 0 Å². The first-order valence-electron chi connectivity index (χ1n) is 2.73. The second-order valence-corrected chi connectivity index (χ2v) is 1.93. The Hall–Kier alpha value is -0.206. The fourth-order valence-electron chi connectivity index (χ4n) is 0.618. The molecule has 0 aliphatic carbocycles. The van der Waals surface area contributed by atoms with Crippen LogP contribution in [-0.2, 0) is 31.3 Å². The van der Waals surface area contributed by atoms with Gasteiger partial charge in [0.1, 0.15) is 11.6 Å². The maximum atomic E-state index is 10.5. The zero-order valence-corrected chi connectivity index (χ0v) is 7.74. The number of carbonyl (C=O) groups is 2. The van der Waals surface area contributed by atoms with Gasteiger partial charge in [0.25, 0.3) is 0 Å². The summed E-state index contributed by atoms with van der Waals surface area (Å²) in [6.45, 7) is 6.13. The molecule has 0 unspecified atom stereocenters. The molecule has 3 heteroatoms. The zero-order valence-electron chi connectivity index (χ0n) is 6.18. The Balaban J connectivity index is 0. The molecule has 0 heterocycles. The fraction of sp³-hybridized carbons (Fsp3) is 0.429. The van der Waals surface area contributed by atoms with Crippen molar-refractivity contribution in [2.75, 3.05) is 0 Å². The van der Waals surface area contributed by atoms with Gasteiger partial charge in [-0.3, -0.25) is 9.59 Å². The molecule has 0 saturated heterocycles. The summed E-state index contributed by atoms with van der Waals surface area (Å²) in [4.78, 5) is 21.0. The third kappa shape index (κ3) is 3.75. The van der Waals surface area contributed by atoms with Crippen molar-refractivity contribution in [2.45, 2.75) is 13.8 Å². The average Bonchev–Trinajstić information content (AvgIpc) is 1.64. The van der Waals surface area contributed by atoms with E-state index < -0.39 is 5.92 Å². The minimum absolute atomic E-state index is 0. The molecule has 0 N–H and O–H groups in total. The van der Waals surface area contributed by atoms with E-state index in [2.05, 4.69) is 6.58 Å². The molecule has 0 amide bonds. The third-order valence-corrected chi connectivity index (χ3v) is 1.11. The van der Waals surface area contributed by atoms with E-state index in [4.69, 9.17) is 0 Å². The maximum Gasteiger partial charge on any atom is 0.144 e. The van der Waals surface area contributed by atoms with Gasteiger partial charge >= 0.3 is 0 Å². The summed E-state index contributed by atoms with van der Waals surface area (Å²) >= 11 is 0. The van der Waals surface area contributed by atoms with Gasteiger partial charge < -0.3 is 0 Å². The molecule has 0 fully saturated rings. The summed E-state index contributed by atoms with van der Waals surface area (Å²) in [6, 6.07) is 0. The van der Waals surface area contributed by atoms with Gasteiger partial charge in [-0.15, -0.1) is 6.58 Å². The fourth-order valence-corrected chi connectivity index (χ4v) is 0.618. The molecule has 0 radical (unpaired) electrons. The number of Topliss-reactive ketones (excluding diaryl/α,β-unsaturated/α-hetero) is 2. The predicted octanol–water partition coefficient (Wildman–Crippen LogP) is 0.964. The first kappa shape index (κ1) is 12.5. The van der Waals surface area contributed by atoms with E-state index in [0.717, 1.165) is 0 Å². The van der Waals surface area contributed by atoms with Crippen molar-refractivity contribution in [3.8, 4) is 0 Å². The van der Waals surface area contributed by atoms with Crippen molar-refractivity contribution in [1.29, 1.82) is 0 Å². The molecule has 10 heavy (non-hydrogen) atoms. The smallest absolute Gasteiger partial charge is 0.144 e. The van der Waals surface area contributed by atoms with E-state index in [1.54, 1.807) is 0 Å². The number of hydrogen-bond acceptors (Lipinski definition) is 2. The summed E-state index contributed by atoms with van der Waals surface area (Å²) in [7, 11) is 0. The molecule has 0 aromatic heterocycles. The van der Waals surface area contributed by atoms with Crippen LogP contribution in [-0.4, -0.2) is 11.6 Å². The van der Waals surface area contributed by atoms with Crippen molar-refractivity contribution in [2.24, 2.45) is 5.92 Å². The number of ketones is 2. The van der Waals surface area contributed by atoms with E-state index in [1.165, 1.54) is 19.9 Å². The minimum Gasteiger partial charge on any atom is -0.299 e. The zero-order chi connectivity index (χ0) is 7.44. The van der Waals surface area contributed by atoms with E-state index in [-0.39, 0.29) is 33.3 Å². The van der Waals surface area contributed by atoms with Crippen LogP contribution in [0.3, 0.4) is 0 Å². The van der Waals surface area contributed by atoms with Crippen LogP contribution < -0.4 is 0 Å². The molecule has 54 valence electrons. The second kappa shape index (κ2) is 5.57. The van der Waals surface area contributed by atoms with Gasteiger partial charge in [0.2, 0.25) is 0 Å². The van der Waals surface area contributed by atoms with E-state index in [9.17, 15) is 9.59 Å².